The summed E-state index contributed by atoms with van der Waals surface area (Å²) in [5, 5.41) is 2.86. The first kappa shape index (κ1) is 19.9. The standard InChI is InChI=1S/C22H28N4O2/c1-16(2)21(27)24-19-9-10-20(23-15-19)25-11-4-12-26(14-13-25)22(28)18-7-5-17(3)6-8-18/h5-10,15-16H,4,11-14H2,1-3H3,(H,24,27). The number of pyridine rings is 1. The molecule has 3 rings (SSSR count). The van der Waals surface area contributed by atoms with E-state index in [1.165, 1.54) is 0 Å². The molecule has 0 spiro atoms. The Hall–Kier alpha value is -2.89. The zero-order valence-electron chi connectivity index (χ0n) is 16.8. The summed E-state index contributed by atoms with van der Waals surface area (Å²) in [6.07, 6.45) is 2.58. The second-order valence-corrected chi connectivity index (χ2v) is 7.55. The Morgan fingerprint density at radius 1 is 1.00 bits per heavy atom. The lowest BCUT2D eigenvalue weighted by molar-refractivity contribution is -0.118. The number of aromatic nitrogens is 1. The van der Waals surface area contributed by atoms with Gasteiger partial charge in [-0.2, -0.15) is 0 Å². The van der Waals surface area contributed by atoms with E-state index < -0.39 is 0 Å². The fraction of sp³-hybridized carbons (Fsp3) is 0.409. The molecule has 1 aromatic carbocycles. The van der Waals surface area contributed by atoms with E-state index in [4.69, 9.17) is 0 Å². The lowest BCUT2D eigenvalue weighted by Gasteiger charge is -2.23. The molecule has 0 saturated carbocycles. The molecular weight excluding hydrogens is 352 g/mol. The summed E-state index contributed by atoms with van der Waals surface area (Å²) >= 11 is 0. The van der Waals surface area contributed by atoms with Crippen molar-refractivity contribution in [2.24, 2.45) is 5.92 Å². The quantitative estimate of drug-likeness (QED) is 0.884. The molecule has 28 heavy (non-hydrogen) atoms. The van der Waals surface area contributed by atoms with E-state index in [1.807, 2.05) is 62.1 Å². The average molecular weight is 380 g/mol. The highest BCUT2D eigenvalue weighted by Crippen LogP contribution is 2.18. The normalized spacial score (nSPS) is 14.7. The van der Waals surface area contributed by atoms with Crippen LogP contribution >= 0.6 is 0 Å². The maximum Gasteiger partial charge on any atom is 0.253 e. The second kappa shape index (κ2) is 8.87. The monoisotopic (exact) mass is 380 g/mol. The molecule has 2 amide bonds. The summed E-state index contributed by atoms with van der Waals surface area (Å²) in [6, 6.07) is 11.5. The fourth-order valence-electron chi connectivity index (χ4n) is 3.16. The van der Waals surface area contributed by atoms with Gasteiger partial charge in [-0.3, -0.25) is 9.59 Å². The Kier molecular flexibility index (Phi) is 6.29. The molecule has 1 fully saturated rings. The van der Waals surface area contributed by atoms with Crippen molar-refractivity contribution in [1.29, 1.82) is 0 Å². The van der Waals surface area contributed by atoms with Crippen molar-refractivity contribution >= 4 is 23.3 Å². The summed E-state index contributed by atoms with van der Waals surface area (Å²) in [6.45, 7) is 8.73. The summed E-state index contributed by atoms with van der Waals surface area (Å²) in [7, 11) is 0. The SMILES string of the molecule is Cc1ccc(C(=O)N2CCCN(c3ccc(NC(=O)C(C)C)cn3)CC2)cc1. The van der Waals surface area contributed by atoms with Crippen LogP contribution in [0.2, 0.25) is 0 Å². The number of rotatable bonds is 4. The van der Waals surface area contributed by atoms with Crippen molar-refractivity contribution < 1.29 is 9.59 Å². The number of hydrogen-bond donors (Lipinski definition) is 1. The molecule has 148 valence electrons. The highest BCUT2D eigenvalue weighted by Gasteiger charge is 2.21. The molecule has 0 unspecified atom stereocenters. The number of carbonyl (C=O) groups is 2. The molecule has 0 radical (unpaired) electrons. The molecule has 2 heterocycles. The number of amides is 2. The van der Waals surface area contributed by atoms with E-state index in [0.717, 1.165) is 43.0 Å². The molecule has 0 atom stereocenters. The van der Waals surface area contributed by atoms with Gasteiger partial charge >= 0.3 is 0 Å². The summed E-state index contributed by atoms with van der Waals surface area (Å²) < 4.78 is 0. The van der Waals surface area contributed by atoms with Crippen LogP contribution in [0.25, 0.3) is 0 Å². The van der Waals surface area contributed by atoms with Crippen LogP contribution < -0.4 is 10.2 Å². The third kappa shape index (κ3) is 4.88. The van der Waals surface area contributed by atoms with Gasteiger partial charge in [-0.1, -0.05) is 31.5 Å². The van der Waals surface area contributed by atoms with Crippen LogP contribution in [0.3, 0.4) is 0 Å². The van der Waals surface area contributed by atoms with Crippen LogP contribution in [-0.2, 0) is 4.79 Å². The van der Waals surface area contributed by atoms with Gasteiger partial charge in [0.25, 0.3) is 5.91 Å². The molecule has 0 bridgehead atoms. The van der Waals surface area contributed by atoms with Crippen LogP contribution in [-0.4, -0.2) is 47.9 Å². The maximum absolute atomic E-state index is 12.8. The lowest BCUT2D eigenvalue weighted by Crippen LogP contribution is -2.35. The lowest BCUT2D eigenvalue weighted by atomic mass is 10.1. The van der Waals surface area contributed by atoms with Gasteiger partial charge in [0.2, 0.25) is 5.91 Å². The van der Waals surface area contributed by atoms with Crippen LogP contribution in [0.4, 0.5) is 11.5 Å². The number of aryl methyl sites for hydroxylation is 1. The Labute approximate surface area is 166 Å². The van der Waals surface area contributed by atoms with Crippen LogP contribution in [0, 0.1) is 12.8 Å². The molecule has 2 aromatic rings. The Balaban J connectivity index is 1.61. The van der Waals surface area contributed by atoms with Gasteiger partial charge in [-0.25, -0.2) is 4.98 Å². The highest BCUT2D eigenvalue weighted by atomic mass is 16.2. The Morgan fingerprint density at radius 3 is 2.39 bits per heavy atom. The third-order valence-corrected chi connectivity index (χ3v) is 4.95. The number of nitrogens with one attached hydrogen (secondary N) is 1. The fourth-order valence-corrected chi connectivity index (χ4v) is 3.16. The molecule has 1 saturated heterocycles. The van der Waals surface area contributed by atoms with Gasteiger partial charge in [0, 0.05) is 37.7 Å². The topological polar surface area (TPSA) is 65.5 Å². The van der Waals surface area contributed by atoms with E-state index >= 15 is 0 Å². The van der Waals surface area contributed by atoms with Crippen molar-refractivity contribution in [2.75, 3.05) is 36.4 Å². The number of anilines is 2. The van der Waals surface area contributed by atoms with Gasteiger partial charge in [-0.15, -0.1) is 0 Å². The smallest absolute Gasteiger partial charge is 0.253 e. The van der Waals surface area contributed by atoms with Crippen molar-refractivity contribution in [2.45, 2.75) is 27.2 Å². The molecule has 0 aliphatic carbocycles. The summed E-state index contributed by atoms with van der Waals surface area (Å²) in [4.78, 5) is 33.2. The minimum absolute atomic E-state index is 0.0189. The summed E-state index contributed by atoms with van der Waals surface area (Å²) in [5.74, 6) is 0.866. The van der Waals surface area contributed by atoms with E-state index in [2.05, 4.69) is 15.2 Å². The van der Waals surface area contributed by atoms with Crippen LogP contribution in [0.5, 0.6) is 0 Å². The van der Waals surface area contributed by atoms with Crippen LogP contribution in [0.1, 0.15) is 36.2 Å². The van der Waals surface area contributed by atoms with Crippen molar-refractivity contribution in [3.05, 3.63) is 53.7 Å². The minimum Gasteiger partial charge on any atom is -0.355 e. The number of carbonyl (C=O) groups excluding carboxylic acids is 2. The van der Waals surface area contributed by atoms with E-state index in [-0.39, 0.29) is 17.7 Å². The number of hydrogen-bond acceptors (Lipinski definition) is 4. The molecule has 1 aliphatic rings. The minimum atomic E-state index is -0.0673. The first-order valence-electron chi connectivity index (χ1n) is 9.82. The molecule has 1 aliphatic heterocycles. The van der Waals surface area contributed by atoms with E-state index in [9.17, 15) is 9.59 Å². The predicted octanol–water partition coefficient (Wildman–Crippen LogP) is 3.34. The molecule has 1 N–H and O–H groups in total. The van der Waals surface area contributed by atoms with E-state index in [1.54, 1.807) is 6.20 Å². The zero-order chi connectivity index (χ0) is 20.1. The van der Waals surface area contributed by atoms with Crippen molar-refractivity contribution in [3.8, 4) is 0 Å². The Bertz CT molecular complexity index is 815. The predicted molar refractivity (Wildman–Crippen MR) is 112 cm³/mol. The molecule has 6 heteroatoms. The zero-order valence-corrected chi connectivity index (χ0v) is 16.8. The first-order chi connectivity index (χ1) is 13.4. The highest BCUT2D eigenvalue weighted by molar-refractivity contribution is 5.94. The molecular formula is C22H28N4O2. The number of nitrogens with zero attached hydrogens (tertiary/aromatic N) is 3. The van der Waals surface area contributed by atoms with Gasteiger partial charge in [-0.05, 0) is 37.6 Å². The molecule has 6 nitrogen and oxygen atoms in total. The van der Waals surface area contributed by atoms with Gasteiger partial charge in [0.1, 0.15) is 5.82 Å². The first-order valence-corrected chi connectivity index (χ1v) is 9.82. The van der Waals surface area contributed by atoms with Gasteiger partial charge < -0.3 is 15.1 Å². The third-order valence-electron chi connectivity index (χ3n) is 4.95. The Morgan fingerprint density at radius 2 is 1.75 bits per heavy atom. The second-order valence-electron chi connectivity index (χ2n) is 7.55. The van der Waals surface area contributed by atoms with Crippen molar-refractivity contribution in [3.63, 3.8) is 0 Å². The van der Waals surface area contributed by atoms with Gasteiger partial charge in [0.05, 0.1) is 11.9 Å². The molecule has 1 aromatic heterocycles. The maximum atomic E-state index is 12.8. The largest absolute Gasteiger partial charge is 0.355 e. The van der Waals surface area contributed by atoms with E-state index in [0.29, 0.717) is 12.2 Å². The summed E-state index contributed by atoms with van der Waals surface area (Å²) in [5.41, 5.74) is 2.59. The van der Waals surface area contributed by atoms with Crippen LogP contribution in [0.15, 0.2) is 42.6 Å². The van der Waals surface area contributed by atoms with Gasteiger partial charge in [0.15, 0.2) is 0 Å². The number of benzene rings is 1. The van der Waals surface area contributed by atoms with Crippen molar-refractivity contribution in [1.82, 2.24) is 9.88 Å². The average Bonchev–Trinajstić information content (AvgIpc) is 2.95.